The largest absolute Gasteiger partial charge is 0.416 e. The quantitative estimate of drug-likeness (QED) is 0.792. The predicted octanol–water partition coefficient (Wildman–Crippen LogP) is 4.60. The second kappa shape index (κ2) is 6.17. The normalized spacial score (nSPS) is 24.7. The van der Waals surface area contributed by atoms with Crippen molar-refractivity contribution < 1.29 is 18.0 Å². The van der Waals surface area contributed by atoms with Gasteiger partial charge in [0.05, 0.1) is 5.56 Å². The lowest BCUT2D eigenvalue weighted by Crippen LogP contribution is -2.39. The van der Waals surface area contributed by atoms with E-state index in [0.717, 1.165) is 43.5 Å². The summed E-state index contributed by atoms with van der Waals surface area (Å²) in [5.74, 6) is 0.219. The summed E-state index contributed by atoms with van der Waals surface area (Å²) < 4.78 is 37.8. The fourth-order valence-corrected chi connectivity index (χ4v) is 3.78. The molecule has 1 amide bonds. The van der Waals surface area contributed by atoms with E-state index in [2.05, 4.69) is 0 Å². The molecule has 0 aliphatic heterocycles. The van der Waals surface area contributed by atoms with Crippen LogP contribution in [0.3, 0.4) is 0 Å². The van der Waals surface area contributed by atoms with Gasteiger partial charge in [0.2, 0.25) is 5.91 Å². The Balaban J connectivity index is 1.65. The van der Waals surface area contributed by atoms with Gasteiger partial charge in [-0.25, -0.2) is 0 Å². The van der Waals surface area contributed by atoms with Crippen LogP contribution in [0.4, 0.5) is 13.2 Å². The maximum absolute atomic E-state index is 12.7. The van der Waals surface area contributed by atoms with Crippen LogP contribution in [0.2, 0.25) is 0 Å². The zero-order valence-corrected chi connectivity index (χ0v) is 13.3. The maximum atomic E-state index is 12.7. The summed E-state index contributed by atoms with van der Waals surface area (Å²) in [7, 11) is 0. The third-order valence-corrected chi connectivity index (χ3v) is 5.16. The third kappa shape index (κ3) is 3.38. The molecule has 2 unspecified atom stereocenters. The molecule has 3 rings (SSSR count). The van der Waals surface area contributed by atoms with Gasteiger partial charge in [0.15, 0.2) is 0 Å². The molecule has 126 valence electrons. The highest BCUT2D eigenvalue weighted by atomic mass is 19.4. The van der Waals surface area contributed by atoms with Gasteiger partial charge in [0, 0.05) is 18.5 Å². The molecule has 2 aliphatic rings. The number of carbonyl (C=O) groups is 1. The summed E-state index contributed by atoms with van der Waals surface area (Å²) >= 11 is 0. The molecule has 2 aliphatic carbocycles. The van der Waals surface area contributed by atoms with E-state index in [4.69, 9.17) is 0 Å². The molecule has 2 fully saturated rings. The van der Waals surface area contributed by atoms with Crippen molar-refractivity contribution >= 4 is 5.91 Å². The van der Waals surface area contributed by atoms with Gasteiger partial charge in [-0.1, -0.05) is 25.0 Å². The number of hydrogen-bond donors (Lipinski definition) is 0. The smallest absolute Gasteiger partial charge is 0.340 e. The van der Waals surface area contributed by atoms with Crippen molar-refractivity contribution in [2.24, 2.45) is 5.92 Å². The van der Waals surface area contributed by atoms with E-state index >= 15 is 0 Å². The van der Waals surface area contributed by atoms with Crippen molar-refractivity contribution in [1.82, 2.24) is 4.90 Å². The third-order valence-electron chi connectivity index (χ3n) is 5.16. The molecule has 0 radical (unpaired) electrons. The number of halogens is 3. The zero-order valence-electron chi connectivity index (χ0n) is 13.3. The fraction of sp³-hybridized carbons (Fsp3) is 0.611. The number of carbonyl (C=O) groups excluding carboxylic acids is 1. The Morgan fingerprint density at radius 1 is 1.17 bits per heavy atom. The molecule has 23 heavy (non-hydrogen) atoms. The molecule has 1 aromatic rings. The highest BCUT2D eigenvalue weighted by Gasteiger charge is 2.46. The Labute approximate surface area is 134 Å². The molecular weight excluding hydrogens is 303 g/mol. The lowest BCUT2D eigenvalue weighted by Gasteiger charge is -2.28. The van der Waals surface area contributed by atoms with Crippen LogP contribution in [0.1, 0.15) is 56.1 Å². The van der Waals surface area contributed by atoms with Crippen molar-refractivity contribution in [1.29, 1.82) is 0 Å². The SMILES string of the molecule is CCN(C(=O)C1CC1c1ccc(C(F)(F)F)cc1)C1CCCC1. The Kier molecular flexibility index (Phi) is 4.39. The van der Waals surface area contributed by atoms with Crippen molar-refractivity contribution in [2.75, 3.05) is 6.54 Å². The Bertz CT molecular complexity index is 561. The van der Waals surface area contributed by atoms with Crippen molar-refractivity contribution in [2.45, 2.75) is 57.2 Å². The summed E-state index contributed by atoms with van der Waals surface area (Å²) in [6.45, 7) is 2.73. The van der Waals surface area contributed by atoms with Crippen LogP contribution in [-0.2, 0) is 11.0 Å². The van der Waals surface area contributed by atoms with E-state index < -0.39 is 11.7 Å². The van der Waals surface area contributed by atoms with Crippen LogP contribution in [0.25, 0.3) is 0 Å². The number of amides is 1. The molecule has 0 N–H and O–H groups in total. The van der Waals surface area contributed by atoms with Crippen molar-refractivity contribution in [3.63, 3.8) is 0 Å². The van der Waals surface area contributed by atoms with Crippen LogP contribution in [0.15, 0.2) is 24.3 Å². The minimum Gasteiger partial charge on any atom is -0.340 e. The average molecular weight is 325 g/mol. The number of nitrogens with zero attached hydrogens (tertiary/aromatic N) is 1. The van der Waals surface area contributed by atoms with Gasteiger partial charge in [0.1, 0.15) is 0 Å². The molecule has 2 saturated carbocycles. The van der Waals surface area contributed by atoms with E-state index in [1.165, 1.54) is 25.0 Å². The van der Waals surface area contributed by atoms with Gasteiger partial charge in [-0.15, -0.1) is 0 Å². The highest BCUT2D eigenvalue weighted by molar-refractivity contribution is 5.83. The Morgan fingerprint density at radius 3 is 2.30 bits per heavy atom. The molecule has 0 aromatic heterocycles. The van der Waals surface area contributed by atoms with Crippen LogP contribution >= 0.6 is 0 Å². The summed E-state index contributed by atoms with van der Waals surface area (Å²) in [5, 5.41) is 0. The predicted molar refractivity (Wildman–Crippen MR) is 81.9 cm³/mol. The van der Waals surface area contributed by atoms with E-state index in [9.17, 15) is 18.0 Å². The first kappa shape index (κ1) is 16.3. The molecule has 0 bridgehead atoms. The second-order valence-electron chi connectivity index (χ2n) is 6.63. The topological polar surface area (TPSA) is 20.3 Å². The summed E-state index contributed by atoms with van der Waals surface area (Å²) in [6.07, 6.45) is 0.976. The lowest BCUT2D eigenvalue weighted by atomic mass is 10.1. The van der Waals surface area contributed by atoms with Crippen LogP contribution in [0.5, 0.6) is 0 Å². The minimum atomic E-state index is -4.31. The molecule has 0 spiro atoms. The molecule has 0 heterocycles. The number of benzene rings is 1. The first-order valence-electron chi connectivity index (χ1n) is 8.39. The van der Waals surface area contributed by atoms with Gasteiger partial charge in [-0.3, -0.25) is 4.79 Å². The van der Waals surface area contributed by atoms with Gasteiger partial charge in [-0.2, -0.15) is 13.2 Å². The first-order chi connectivity index (χ1) is 10.9. The lowest BCUT2D eigenvalue weighted by molar-refractivity contribution is -0.137. The molecule has 1 aromatic carbocycles. The molecule has 5 heteroatoms. The van der Waals surface area contributed by atoms with E-state index in [1.54, 1.807) is 0 Å². The maximum Gasteiger partial charge on any atom is 0.416 e. The molecular formula is C18H22F3NO. The Morgan fingerprint density at radius 2 is 1.78 bits per heavy atom. The molecule has 2 atom stereocenters. The van der Waals surface area contributed by atoms with Crippen LogP contribution in [-0.4, -0.2) is 23.4 Å². The monoisotopic (exact) mass is 325 g/mol. The Hall–Kier alpha value is -1.52. The average Bonchev–Trinajstić information content (AvgIpc) is 3.15. The number of alkyl halides is 3. The van der Waals surface area contributed by atoms with Gasteiger partial charge < -0.3 is 4.90 Å². The number of hydrogen-bond acceptors (Lipinski definition) is 1. The standard InChI is InChI=1S/C18H22F3NO/c1-2-22(14-5-3-4-6-14)17(23)16-11-15(16)12-7-9-13(10-8-12)18(19,20)21/h7-10,14-16H,2-6,11H2,1H3. The minimum absolute atomic E-state index is 0.0488. The summed E-state index contributed by atoms with van der Waals surface area (Å²) in [4.78, 5) is 14.7. The molecule has 2 nitrogen and oxygen atoms in total. The number of rotatable bonds is 4. The fourth-order valence-electron chi connectivity index (χ4n) is 3.78. The zero-order chi connectivity index (χ0) is 16.6. The van der Waals surface area contributed by atoms with Crippen LogP contribution in [0, 0.1) is 5.92 Å². The van der Waals surface area contributed by atoms with E-state index in [-0.39, 0.29) is 17.7 Å². The summed E-state index contributed by atoms with van der Waals surface area (Å²) in [6, 6.07) is 5.63. The van der Waals surface area contributed by atoms with Crippen molar-refractivity contribution in [3.05, 3.63) is 35.4 Å². The van der Waals surface area contributed by atoms with E-state index in [1.807, 2.05) is 11.8 Å². The highest BCUT2D eigenvalue weighted by Crippen LogP contribution is 2.49. The first-order valence-corrected chi connectivity index (χ1v) is 8.39. The molecule has 0 saturated heterocycles. The van der Waals surface area contributed by atoms with Gasteiger partial charge in [0.25, 0.3) is 0 Å². The van der Waals surface area contributed by atoms with Crippen LogP contribution < -0.4 is 0 Å². The second-order valence-corrected chi connectivity index (χ2v) is 6.63. The summed E-state index contributed by atoms with van der Waals surface area (Å²) in [5.41, 5.74) is 0.213. The van der Waals surface area contributed by atoms with Gasteiger partial charge in [-0.05, 0) is 49.8 Å². The van der Waals surface area contributed by atoms with Gasteiger partial charge >= 0.3 is 6.18 Å². The van der Waals surface area contributed by atoms with E-state index in [0.29, 0.717) is 6.04 Å². The van der Waals surface area contributed by atoms with Crippen molar-refractivity contribution in [3.8, 4) is 0 Å².